The summed E-state index contributed by atoms with van der Waals surface area (Å²) in [6, 6.07) is 7.79. The van der Waals surface area contributed by atoms with Gasteiger partial charge < -0.3 is 9.52 Å². The summed E-state index contributed by atoms with van der Waals surface area (Å²) in [7, 11) is 0. The van der Waals surface area contributed by atoms with E-state index in [4.69, 9.17) is 4.42 Å². The second-order valence-electron chi connectivity index (χ2n) is 4.14. The number of rotatable bonds is 3. The van der Waals surface area contributed by atoms with Crippen LogP contribution in [0, 0.1) is 5.92 Å². The molecule has 0 aliphatic heterocycles. The molecular formula is C13H15BrO2. The van der Waals surface area contributed by atoms with Crippen LogP contribution in [0.1, 0.15) is 32.1 Å². The van der Waals surface area contributed by atoms with Gasteiger partial charge in [-0.05, 0) is 34.0 Å². The molecule has 0 fully saturated rings. The highest BCUT2D eigenvalue weighted by Gasteiger charge is 2.19. The molecule has 2 rings (SSSR count). The lowest BCUT2D eigenvalue weighted by atomic mass is 10.00. The highest BCUT2D eigenvalue weighted by molar-refractivity contribution is 9.10. The number of fused-ring (bicyclic) bond motifs is 1. The predicted molar refractivity (Wildman–Crippen MR) is 68.3 cm³/mol. The summed E-state index contributed by atoms with van der Waals surface area (Å²) in [6.45, 7) is 4.08. The van der Waals surface area contributed by atoms with E-state index >= 15 is 0 Å². The lowest BCUT2D eigenvalue weighted by Crippen LogP contribution is -2.06. The lowest BCUT2D eigenvalue weighted by Gasteiger charge is -2.13. The predicted octanol–water partition coefficient (Wildman–Crippen LogP) is 4.27. The van der Waals surface area contributed by atoms with Crippen LogP contribution in [-0.2, 0) is 0 Å². The van der Waals surface area contributed by atoms with Crippen molar-refractivity contribution in [1.29, 1.82) is 0 Å². The molecule has 2 unspecified atom stereocenters. The number of para-hydroxylation sites is 1. The van der Waals surface area contributed by atoms with Crippen LogP contribution in [0.5, 0.6) is 0 Å². The summed E-state index contributed by atoms with van der Waals surface area (Å²) in [4.78, 5) is 0. The highest BCUT2D eigenvalue weighted by Crippen LogP contribution is 2.32. The van der Waals surface area contributed by atoms with Crippen molar-refractivity contribution in [1.82, 2.24) is 0 Å². The van der Waals surface area contributed by atoms with Gasteiger partial charge in [-0.3, -0.25) is 0 Å². The summed E-state index contributed by atoms with van der Waals surface area (Å²) in [5.74, 6) is 0.857. The molecule has 0 saturated carbocycles. The van der Waals surface area contributed by atoms with Crippen LogP contribution in [0.3, 0.4) is 0 Å². The molecule has 1 heterocycles. The van der Waals surface area contributed by atoms with Crippen molar-refractivity contribution in [3.8, 4) is 0 Å². The third-order valence-corrected chi connectivity index (χ3v) is 3.61. The van der Waals surface area contributed by atoms with Crippen molar-refractivity contribution < 1.29 is 9.52 Å². The summed E-state index contributed by atoms with van der Waals surface area (Å²) < 4.78 is 6.61. The monoisotopic (exact) mass is 282 g/mol. The summed E-state index contributed by atoms with van der Waals surface area (Å²) in [6.07, 6.45) is 0.406. The molecule has 0 radical (unpaired) electrons. The number of benzene rings is 1. The van der Waals surface area contributed by atoms with Crippen LogP contribution >= 0.6 is 15.9 Å². The number of furan rings is 1. The van der Waals surface area contributed by atoms with Gasteiger partial charge in [-0.2, -0.15) is 0 Å². The normalized spacial score (nSPS) is 15.2. The molecule has 3 heteroatoms. The fourth-order valence-corrected chi connectivity index (χ4v) is 2.16. The van der Waals surface area contributed by atoms with Gasteiger partial charge in [0.05, 0.1) is 4.47 Å². The summed E-state index contributed by atoms with van der Waals surface area (Å²) in [5.41, 5.74) is 0.805. The average molecular weight is 283 g/mol. The molecule has 1 aromatic heterocycles. The molecule has 0 aliphatic rings. The van der Waals surface area contributed by atoms with Gasteiger partial charge in [-0.25, -0.2) is 0 Å². The zero-order valence-electron chi connectivity index (χ0n) is 9.40. The first-order valence-corrected chi connectivity index (χ1v) is 6.28. The largest absolute Gasteiger partial charge is 0.457 e. The molecule has 0 spiro atoms. The van der Waals surface area contributed by atoms with E-state index in [0.717, 1.165) is 21.9 Å². The fourth-order valence-electron chi connectivity index (χ4n) is 1.70. The Morgan fingerprint density at radius 2 is 2.19 bits per heavy atom. The minimum Gasteiger partial charge on any atom is -0.457 e. The maximum absolute atomic E-state index is 10.1. The molecule has 0 bridgehead atoms. The molecule has 2 atom stereocenters. The van der Waals surface area contributed by atoms with Crippen molar-refractivity contribution >= 4 is 26.9 Å². The molecule has 86 valence electrons. The van der Waals surface area contributed by atoms with E-state index in [2.05, 4.69) is 22.9 Å². The molecule has 16 heavy (non-hydrogen) atoms. The van der Waals surface area contributed by atoms with Crippen LogP contribution in [-0.4, -0.2) is 5.11 Å². The minimum atomic E-state index is -0.524. The first kappa shape index (κ1) is 11.7. The van der Waals surface area contributed by atoms with Gasteiger partial charge in [-0.15, -0.1) is 0 Å². The van der Waals surface area contributed by atoms with Gasteiger partial charge in [0.15, 0.2) is 0 Å². The number of hydrogen-bond donors (Lipinski definition) is 1. The van der Waals surface area contributed by atoms with Crippen molar-refractivity contribution in [3.63, 3.8) is 0 Å². The van der Waals surface area contributed by atoms with Crippen LogP contribution in [0.2, 0.25) is 0 Å². The van der Waals surface area contributed by atoms with Gasteiger partial charge in [-0.1, -0.05) is 32.4 Å². The fraction of sp³-hybridized carbons (Fsp3) is 0.385. The van der Waals surface area contributed by atoms with E-state index in [1.807, 2.05) is 31.2 Å². The highest BCUT2D eigenvalue weighted by atomic mass is 79.9. The Morgan fingerprint density at radius 1 is 1.44 bits per heavy atom. The molecule has 1 N–H and O–H groups in total. The van der Waals surface area contributed by atoms with Crippen LogP contribution in [0.4, 0.5) is 0 Å². The standard InChI is InChI=1S/C13H15BrO2/c1-3-8(2)12(15)11-7-9-5-4-6-10(14)13(9)16-11/h4-8,12,15H,3H2,1-2H3. The van der Waals surface area contributed by atoms with Crippen molar-refractivity contribution in [2.24, 2.45) is 5.92 Å². The average Bonchev–Trinajstić information content (AvgIpc) is 2.72. The van der Waals surface area contributed by atoms with E-state index in [-0.39, 0.29) is 5.92 Å². The number of aliphatic hydroxyl groups is 1. The van der Waals surface area contributed by atoms with Crippen LogP contribution in [0.25, 0.3) is 11.0 Å². The first-order chi connectivity index (χ1) is 7.63. The minimum absolute atomic E-state index is 0.208. The molecular weight excluding hydrogens is 268 g/mol. The Labute approximate surface area is 103 Å². The van der Waals surface area contributed by atoms with Gasteiger partial charge in [0.2, 0.25) is 0 Å². The second-order valence-corrected chi connectivity index (χ2v) is 4.99. The van der Waals surface area contributed by atoms with E-state index in [9.17, 15) is 5.11 Å². The zero-order valence-corrected chi connectivity index (χ0v) is 11.0. The lowest BCUT2D eigenvalue weighted by molar-refractivity contribution is 0.0941. The van der Waals surface area contributed by atoms with Crippen LogP contribution < -0.4 is 0 Å². The molecule has 2 aromatic rings. The Hall–Kier alpha value is -0.800. The van der Waals surface area contributed by atoms with Gasteiger partial charge in [0, 0.05) is 5.39 Å². The molecule has 0 saturated heterocycles. The van der Waals surface area contributed by atoms with Crippen molar-refractivity contribution in [2.75, 3.05) is 0 Å². The van der Waals surface area contributed by atoms with Gasteiger partial charge in [0.1, 0.15) is 17.4 Å². The Balaban J connectivity index is 2.43. The Bertz CT molecular complexity index is 490. The molecule has 1 aromatic carbocycles. The summed E-state index contributed by atoms with van der Waals surface area (Å²) >= 11 is 3.44. The third kappa shape index (κ3) is 2.02. The van der Waals surface area contributed by atoms with Gasteiger partial charge >= 0.3 is 0 Å². The van der Waals surface area contributed by atoms with Crippen molar-refractivity contribution in [3.05, 3.63) is 34.5 Å². The molecule has 0 aliphatic carbocycles. The molecule has 2 nitrogen and oxygen atoms in total. The quantitative estimate of drug-likeness (QED) is 0.912. The summed E-state index contributed by atoms with van der Waals surface area (Å²) in [5, 5.41) is 11.1. The zero-order chi connectivity index (χ0) is 11.7. The maximum Gasteiger partial charge on any atom is 0.148 e. The number of aliphatic hydroxyl groups excluding tert-OH is 1. The van der Waals surface area contributed by atoms with Gasteiger partial charge in [0.25, 0.3) is 0 Å². The first-order valence-electron chi connectivity index (χ1n) is 5.49. The SMILES string of the molecule is CCC(C)C(O)c1cc2cccc(Br)c2o1. The van der Waals surface area contributed by atoms with E-state index in [0.29, 0.717) is 5.76 Å². The maximum atomic E-state index is 10.1. The van der Waals surface area contributed by atoms with Crippen LogP contribution in [0.15, 0.2) is 33.2 Å². The Kier molecular flexibility index (Phi) is 3.36. The smallest absolute Gasteiger partial charge is 0.148 e. The molecule has 0 amide bonds. The number of halogens is 1. The Morgan fingerprint density at radius 3 is 2.81 bits per heavy atom. The van der Waals surface area contributed by atoms with E-state index < -0.39 is 6.10 Å². The third-order valence-electron chi connectivity index (χ3n) is 2.99. The van der Waals surface area contributed by atoms with E-state index in [1.165, 1.54) is 0 Å². The second kappa shape index (κ2) is 4.60. The topological polar surface area (TPSA) is 33.4 Å². The number of hydrogen-bond acceptors (Lipinski definition) is 2. The van der Waals surface area contributed by atoms with E-state index in [1.54, 1.807) is 0 Å². The van der Waals surface area contributed by atoms with Crippen molar-refractivity contribution in [2.45, 2.75) is 26.4 Å².